The molecule has 0 unspecified atom stereocenters. The maximum atomic E-state index is 12.2. The van der Waals surface area contributed by atoms with Gasteiger partial charge in [0.1, 0.15) is 10.6 Å². The highest BCUT2D eigenvalue weighted by molar-refractivity contribution is 7.89. The summed E-state index contributed by atoms with van der Waals surface area (Å²) in [5.41, 5.74) is 1.31. The van der Waals surface area contributed by atoms with Crippen molar-refractivity contribution in [3.63, 3.8) is 0 Å². The third kappa shape index (κ3) is 3.17. The number of aryl methyl sites for hydroxylation is 2. The third-order valence-corrected chi connectivity index (χ3v) is 4.36. The van der Waals surface area contributed by atoms with Crippen LogP contribution in [-0.4, -0.2) is 25.3 Å². The van der Waals surface area contributed by atoms with E-state index in [1.165, 1.54) is 10.9 Å². The summed E-state index contributed by atoms with van der Waals surface area (Å²) >= 11 is 0. The van der Waals surface area contributed by atoms with Crippen molar-refractivity contribution in [2.45, 2.75) is 18.4 Å². The second-order valence-corrected chi connectivity index (χ2v) is 6.16. The van der Waals surface area contributed by atoms with Gasteiger partial charge in [-0.15, -0.1) is 0 Å². The van der Waals surface area contributed by atoms with Gasteiger partial charge in [0.2, 0.25) is 10.0 Å². The van der Waals surface area contributed by atoms with Crippen molar-refractivity contribution in [1.29, 1.82) is 0 Å². The molecule has 6 nitrogen and oxygen atoms in total. The Morgan fingerprint density at radius 1 is 1.40 bits per heavy atom. The fourth-order valence-electron chi connectivity index (χ4n) is 1.88. The molecule has 0 aliphatic rings. The van der Waals surface area contributed by atoms with Crippen molar-refractivity contribution in [3.05, 3.63) is 41.7 Å². The van der Waals surface area contributed by atoms with Crippen LogP contribution in [0.1, 0.15) is 11.3 Å². The molecule has 0 saturated heterocycles. The van der Waals surface area contributed by atoms with E-state index in [1.54, 1.807) is 27.1 Å². The number of rotatable bonds is 5. The van der Waals surface area contributed by atoms with Gasteiger partial charge in [0.15, 0.2) is 0 Å². The molecule has 0 radical (unpaired) electrons. The smallest absolute Gasteiger partial charge is 0.244 e. The van der Waals surface area contributed by atoms with Gasteiger partial charge >= 0.3 is 0 Å². The average molecular weight is 295 g/mol. The molecule has 0 aliphatic heterocycles. The molecule has 0 atom stereocenters. The molecule has 2 rings (SSSR count). The van der Waals surface area contributed by atoms with E-state index in [1.807, 2.05) is 18.2 Å². The molecule has 1 N–H and O–H groups in total. The van der Waals surface area contributed by atoms with Gasteiger partial charge < -0.3 is 4.74 Å². The zero-order chi connectivity index (χ0) is 14.8. The van der Waals surface area contributed by atoms with Crippen LogP contribution >= 0.6 is 0 Å². The van der Waals surface area contributed by atoms with Gasteiger partial charge in [0.05, 0.1) is 12.8 Å². The van der Waals surface area contributed by atoms with Crippen LogP contribution in [0, 0.1) is 6.92 Å². The van der Waals surface area contributed by atoms with Gasteiger partial charge in [-0.1, -0.05) is 12.1 Å². The number of sulfonamides is 1. The van der Waals surface area contributed by atoms with E-state index in [-0.39, 0.29) is 11.4 Å². The first-order chi connectivity index (χ1) is 9.42. The van der Waals surface area contributed by atoms with E-state index in [0.717, 1.165) is 5.56 Å². The molecular formula is C13H17N3O3S. The summed E-state index contributed by atoms with van der Waals surface area (Å²) in [6.45, 7) is 1.87. The van der Waals surface area contributed by atoms with Crippen molar-refractivity contribution in [1.82, 2.24) is 14.5 Å². The number of hydrogen-bond acceptors (Lipinski definition) is 4. The molecule has 0 bridgehead atoms. The first-order valence-electron chi connectivity index (χ1n) is 6.05. The molecule has 20 heavy (non-hydrogen) atoms. The average Bonchev–Trinajstić information content (AvgIpc) is 2.77. The number of methoxy groups -OCH3 is 1. The van der Waals surface area contributed by atoms with Crippen LogP contribution in [0.5, 0.6) is 5.75 Å². The molecule has 2 aromatic rings. The van der Waals surface area contributed by atoms with Crippen LogP contribution in [0.3, 0.4) is 0 Å². The molecule has 1 heterocycles. The molecule has 1 aromatic heterocycles. The minimum atomic E-state index is -3.56. The Labute approximate surface area is 118 Å². The predicted octanol–water partition coefficient (Wildman–Crippen LogP) is 1.22. The maximum Gasteiger partial charge on any atom is 0.244 e. The van der Waals surface area contributed by atoms with Crippen molar-refractivity contribution in [2.24, 2.45) is 7.05 Å². The topological polar surface area (TPSA) is 73.2 Å². The summed E-state index contributed by atoms with van der Waals surface area (Å²) in [7, 11) is -0.302. The summed E-state index contributed by atoms with van der Waals surface area (Å²) in [4.78, 5) is 0.197. The lowest BCUT2D eigenvalue weighted by atomic mass is 10.2. The molecule has 0 fully saturated rings. The van der Waals surface area contributed by atoms with Crippen LogP contribution in [0.2, 0.25) is 0 Å². The monoisotopic (exact) mass is 295 g/mol. The number of ether oxygens (including phenoxy) is 1. The molecule has 0 saturated carbocycles. The normalized spacial score (nSPS) is 11.6. The van der Waals surface area contributed by atoms with E-state index >= 15 is 0 Å². The fourth-order valence-corrected chi connectivity index (χ4v) is 3.11. The maximum absolute atomic E-state index is 12.2. The van der Waals surface area contributed by atoms with Crippen molar-refractivity contribution in [2.75, 3.05) is 7.11 Å². The van der Waals surface area contributed by atoms with Crippen LogP contribution in [0.15, 0.2) is 35.4 Å². The van der Waals surface area contributed by atoms with Gasteiger partial charge in [0.25, 0.3) is 0 Å². The van der Waals surface area contributed by atoms with Crippen LogP contribution < -0.4 is 9.46 Å². The predicted molar refractivity (Wildman–Crippen MR) is 75.0 cm³/mol. The first kappa shape index (κ1) is 14.5. The fraction of sp³-hybridized carbons (Fsp3) is 0.308. The largest absolute Gasteiger partial charge is 0.497 e. The SMILES string of the molecule is COc1cccc(CNS(=O)(=O)c2cn(C)nc2C)c1. The molecule has 7 heteroatoms. The van der Waals surface area contributed by atoms with E-state index in [0.29, 0.717) is 11.4 Å². The van der Waals surface area contributed by atoms with Gasteiger partial charge in [-0.2, -0.15) is 5.10 Å². The molecule has 0 aliphatic carbocycles. The number of benzene rings is 1. The van der Waals surface area contributed by atoms with E-state index in [4.69, 9.17) is 4.74 Å². The van der Waals surface area contributed by atoms with Crippen LogP contribution in [0.4, 0.5) is 0 Å². The zero-order valence-corrected chi connectivity index (χ0v) is 12.4. The number of aromatic nitrogens is 2. The molecule has 108 valence electrons. The van der Waals surface area contributed by atoms with Crippen molar-refractivity contribution in [3.8, 4) is 5.75 Å². The third-order valence-electron chi connectivity index (χ3n) is 2.86. The molecule has 1 aromatic carbocycles. The summed E-state index contributed by atoms with van der Waals surface area (Å²) in [6.07, 6.45) is 1.49. The van der Waals surface area contributed by atoms with Gasteiger partial charge in [-0.25, -0.2) is 13.1 Å². The van der Waals surface area contributed by atoms with Crippen molar-refractivity contribution >= 4 is 10.0 Å². The molecular weight excluding hydrogens is 278 g/mol. The zero-order valence-electron chi connectivity index (χ0n) is 11.6. The van der Waals surface area contributed by atoms with Crippen LogP contribution in [-0.2, 0) is 23.6 Å². The lowest BCUT2D eigenvalue weighted by Gasteiger charge is -2.07. The van der Waals surface area contributed by atoms with E-state index in [9.17, 15) is 8.42 Å². The number of hydrogen-bond donors (Lipinski definition) is 1. The Bertz CT molecular complexity index is 707. The van der Waals surface area contributed by atoms with E-state index < -0.39 is 10.0 Å². The van der Waals surface area contributed by atoms with Gasteiger partial charge in [-0.05, 0) is 24.6 Å². The van der Waals surface area contributed by atoms with Gasteiger partial charge in [-0.3, -0.25) is 4.68 Å². The Balaban J connectivity index is 2.15. The minimum Gasteiger partial charge on any atom is -0.497 e. The molecule has 0 spiro atoms. The second kappa shape index (κ2) is 5.64. The summed E-state index contributed by atoms with van der Waals surface area (Å²) in [5.74, 6) is 0.694. The first-order valence-corrected chi connectivity index (χ1v) is 7.53. The Morgan fingerprint density at radius 2 is 2.15 bits per heavy atom. The summed E-state index contributed by atoms with van der Waals surface area (Å²) in [5, 5.41) is 4.04. The highest BCUT2D eigenvalue weighted by atomic mass is 32.2. The van der Waals surface area contributed by atoms with Gasteiger partial charge in [0, 0.05) is 19.8 Å². The minimum absolute atomic E-state index is 0.197. The summed E-state index contributed by atoms with van der Waals surface area (Å²) < 4.78 is 33.5. The highest BCUT2D eigenvalue weighted by Crippen LogP contribution is 2.15. The standard InChI is InChI=1S/C13H17N3O3S/c1-10-13(9-16(2)15-10)20(17,18)14-8-11-5-4-6-12(7-11)19-3/h4-7,9,14H,8H2,1-3H3. The van der Waals surface area contributed by atoms with Crippen LogP contribution in [0.25, 0.3) is 0 Å². The molecule has 0 amide bonds. The van der Waals surface area contributed by atoms with E-state index in [2.05, 4.69) is 9.82 Å². The quantitative estimate of drug-likeness (QED) is 0.900. The Morgan fingerprint density at radius 3 is 2.75 bits per heavy atom. The van der Waals surface area contributed by atoms with Crippen molar-refractivity contribution < 1.29 is 13.2 Å². The highest BCUT2D eigenvalue weighted by Gasteiger charge is 2.19. The lowest BCUT2D eigenvalue weighted by Crippen LogP contribution is -2.23. The number of nitrogens with zero attached hydrogens (tertiary/aromatic N) is 2. The number of nitrogens with one attached hydrogen (secondary N) is 1. The summed E-state index contributed by atoms with van der Waals surface area (Å²) in [6, 6.07) is 7.25. The Hall–Kier alpha value is -1.86. The lowest BCUT2D eigenvalue weighted by molar-refractivity contribution is 0.414. The Kier molecular flexibility index (Phi) is 4.10. The second-order valence-electron chi connectivity index (χ2n) is 4.43.